The molecule has 1 aromatic heterocycles. The summed E-state index contributed by atoms with van der Waals surface area (Å²) in [7, 11) is 0. The van der Waals surface area contributed by atoms with Crippen molar-refractivity contribution in [1.29, 1.82) is 0 Å². The van der Waals surface area contributed by atoms with E-state index in [1.165, 1.54) is 30.5 Å². The predicted octanol–water partition coefficient (Wildman–Crippen LogP) is 3.30. The van der Waals surface area contributed by atoms with Crippen LogP contribution in [0.1, 0.15) is 34.8 Å². The van der Waals surface area contributed by atoms with Gasteiger partial charge in [-0.25, -0.2) is 9.37 Å². The normalized spacial score (nSPS) is 18.5. The molecule has 0 saturated carbocycles. The van der Waals surface area contributed by atoms with Gasteiger partial charge in [-0.05, 0) is 31.2 Å². The number of carbonyl (C=O) groups is 1. The van der Waals surface area contributed by atoms with Gasteiger partial charge in [0.1, 0.15) is 5.82 Å². The number of aromatic nitrogens is 2. The molecule has 0 fully saturated rings. The van der Waals surface area contributed by atoms with Crippen molar-refractivity contribution < 1.29 is 22.4 Å². The smallest absolute Gasteiger partial charge is 0.322 e. The lowest BCUT2D eigenvalue weighted by atomic mass is 10.1. The Labute approximate surface area is 135 Å². The number of fused-ring (bicyclic) bond motifs is 1. The van der Waals surface area contributed by atoms with Crippen LogP contribution >= 0.6 is 0 Å². The van der Waals surface area contributed by atoms with Crippen molar-refractivity contribution in [3.8, 4) is 0 Å². The molecule has 0 aliphatic carbocycles. The van der Waals surface area contributed by atoms with Crippen LogP contribution in [0.5, 0.6) is 0 Å². The minimum atomic E-state index is -4.50. The highest BCUT2D eigenvalue weighted by Crippen LogP contribution is 2.33. The Morgan fingerprint density at radius 3 is 2.54 bits per heavy atom. The Balaban J connectivity index is 1.77. The van der Waals surface area contributed by atoms with Crippen molar-refractivity contribution in [1.82, 2.24) is 14.5 Å². The molecule has 4 nitrogen and oxygen atoms in total. The summed E-state index contributed by atoms with van der Waals surface area (Å²) in [4.78, 5) is 17.6. The summed E-state index contributed by atoms with van der Waals surface area (Å²) < 4.78 is 52.8. The molecule has 1 aliphatic rings. The van der Waals surface area contributed by atoms with Crippen LogP contribution in [0.3, 0.4) is 0 Å². The summed E-state index contributed by atoms with van der Waals surface area (Å²) in [6.07, 6.45) is -3.29. The van der Waals surface area contributed by atoms with E-state index in [0.29, 0.717) is 17.8 Å². The molecular formula is C16H15F4N3O. The third-order valence-corrected chi connectivity index (χ3v) is 4.24. The quantitative estimate of drug-likeness (QED) is 0.635. The number of hydrogen-bond acceptors (Lipinski definition) is 3. The summed E-state index contributed by atoms with van der Waals surface area (Å²) in [5, 5.41) is 0. The first-order valence-electron chi connectivity index (χ1n) is 7.43. The summed E-state index contributed by atoms with van der Waals surface area (Å²) in [6.45, 7) is 2.22. The van der Waals surface area contributed by atoms with E-state index < -0.39 is 17.8 Å². The number of Topliss-reactive ketones (excluding diaryl/α,β-unsaturated/α-hetero) is 1. The van der Waals surface area contributed by atoms with Crippen LogP contribution in [-0.2, 0) is 12.7 Å². The van der Waals surface area contributed by atoms with E-state index in [2.05, 4.69) is 4.98 Å². The van der Waals surface area contributed by atoms with Crippen LogP contribution in [0.2, 0.25) is 0 Å². The number of alkyl halides is 3. The minimum absolute atomic E-state index is 0.0549. The number of hydrogen-bond donors (Lipinski definition) is 0. The van der Waals surface area contributed by atoms with E-state index in [-0.39, 0.29) is 24.9 Å². The number of nitrogens with zero attached hydrogens (tertiary/aromatic N) is 3. The Morgan fingerprint density at radius 2 is 1.92 bits per heavy atom. The molecule has 0 N–H and O–H groups in total. The number of imidazole rings is 1. The standard InChI is InChI=1S/C16H15F4N3O/c1-10-13-8-21-15(16(18,19)20)23(13)7-6-22(10)9-14(24)11-2-4-12(17)5-3-11/h2-5,8,10H,6-7,9H2,1H3. The Hall–Kier alpha value is -2.22. The zero-order valence-corrected chi connectivity index (χ0v) is 12.8. The molecule has 1 unspecified atom stereocenters. The second-order valence-corrected chi connectivity index (χ2v) is 5.73. The van der Waals surface area contributed by atoms with E-state index in [9.17, 15) is 22.4 Å². The van der Waals surface area contributed by atoms with Gasteiger partial charge in [-0.3, -0.25) is 9.69 Å². The fraction of sp³-hybridized carbons (Fsp3) is 0.375. The zero-order chi connectivity index (χ0) is 17.5. The van der Waals surface area contributed by atoms with Crippen molar-refractivity contribution in [2.45, 2.75) is 25.7 Å². The van der Waals surface area contributed by atoms with Gasteiger partial charge in [-0.2, -0.15) is 13.2 Å². The van der Waals surface area contributed by atoms with Gasteiger partial charge in [0.05, 0.1) is 18.4 Å². The first kappa shape index (κ1) is 16.6. The van der Waals surface area contributed by atoms with E-state index in [1.54, 1.807) is 11.8 Å². The lowest BCUT2D eigenvalue weighted by Gasteiger charge is -2.34. The maximum absolute atomic E-state index is 12.9. The Bertz CT molecular complexity index is 752. The van der Waals surface area contributed by atoms with Crippen LogP contribution in [0, 0.1) is 5.82 Å². The van der Waals surface area contributed by atoms with Crippen molar-refractivity contribution in [3.63, 3.8) is 0 Å². The monoisotopic (exact) mass is 341 g/mol. The van der Waals surface area contributed by atoms with Crippen LogP contribution in [0.25, 0.3) is 0 Å². The summed E-state index contributed by atoms with van der Waals surface area (Å²) >= 11 is 0. The lowest BCUT2D eigenvalue weighted by Crippen LogP contribution is -2.40. The van der Waals surface area contributed by atoms with Crippen LogP contribution in [0.4, 0.5) is 17.6 Å². The fourth-order valence-electron chi connectivity index (χ4n) is 2.92. The Morgan fingerprint density at radius 1 is 1.25 bits per heavy atom. The first-order chi connectivity index (χ1) is 11.3. The molecule has 24 heavy (non-hydrogen) atoms. The average Bonchev–Trinajstić information content (AvgIpc) is 2.95. The molecule has 0 amide bonds. The molecular weight excluding hydrogens is 326 g/mol. The zero-order valence-electron chi connectivity index (χ0n) is 12.8. The first-order valence-corrected chi connectivity index (χ1v) is 7.43. The van der Waals surface area contributed by atoms with Crippen molar-refractivity contribution in [2.75, 3.05) is 13.1 Å². The average molecular weight is 341 g/mol. The van der Waals surface area contributed by atoms with Gasteiger partial charge >= 0.3 is 6.18 Å². The number of rotatable bonds is 3. The molecule has 8 heteroatoms. The Kier molecular flexibility index (Phi) is 4.16. The van der Waals surface area contributed by atoms with Crippen LogP contribution < -0.4 is 0 Å². The SMILES string of the molecule is CC1c2cnc(C(F)(F)F)n2CCN1CC(=O)c1ccc(F)cc1. The minimum Gasteiger partial charge on any atom is -0.322 e. The fourth-order valence-corrected chi connectivity index (χ4v) is 2.92. The number of benzene rings is 1. The van der Waals surface area contributed by atoms with E-state index >= 15 is 0 Å². The van der Waals surface area contributed by atoms with Gasteiger partial charge in [-0.1, -0.05) is 0 Å². The summed E-state index contributed by atoms with van der Waals surface area (Å²) in [5.41, 5.74) is 0.805. The third-order valence-electron chi connectivity index (χ3n) is 4.24. The van der Waals surface area contributed by atoms with Crippen LogP contribution in [-0.4, -0.2) is 33.3 Å². The highest BCUT2D eigenvalue weighted by molar-refractivity contribution is 5.97. The third kappa shape index (κ3) is 3.06. The highest BCUT2D eigenvalue weighted by Gasteiger charge is 2.39. The number of carbonyl (C=O) groups excluding carboxylic acids is 1. The lowest BCUT2D eigenvalue weighted by molar-refractivity contribution is -0.147. The van der Waals surface area contributed by atoms with E-state index in [4.69, 9.17) is 0 Å². The molecule has 0 bridgehead atoms. The molecule has 1 aromatic carbocycles. The molecule has 1 aliphatic heterocycles. The van der Waals surface area contributed by atoms with Gasteiger partial charge in [0.15, 0.2) is 5.78 Å². The molecule has 3 rings (SSSR count). The molecule has 1 atom stereocenters. The second kappa shape index (κ2) is 6.01. The largest absolute Gasteiger partial charge is 0.449 e. The van der Waals surface area contributed by atoms with Gasteiger partial charge in [-0.15, -0.1) is 0 Å². The molecule has 0 saturated heterocycles. The number of ketones is 1. The topological polar surface area (TPSA) is 38.1 Å². The van der Waals surface area contributed by atoms with Crippen LogP contribution in [0.15, 0.2) is 30.5 Å². The van der Waals surface area contributed by atoms with Crippen molar-refractivity contribution in [3.05, 3.63) is 53.4 Å². The van der Waals surface area contributed by atoms with Gasteiger partial charge in [0.2, 0.25) is 5.82 Å². The molecule has 0 spiro atoms. The van der Waals surface area contributed by atoms with E-state index in [0.717, 1.165) is 4.57 Å². The summed E-state index contributed by atoms with van der Waals surface area (Å²) in [6, 6.07) is 4.85. The predicted molar refractivity (Wildman–Crippen MR) is 77.9 cm³/mol. The summed E-state index contributed by atoms with van der Waals surface area (Å²) in [5.74, 6) is -1.54. The van der Waals surface area contributed by atoms with Gasteiger partial charge in [0.25, 0.3) is 0 Å². The van der Waals surface area contributed by atoms with Gasteiger partial charge in [0, 0.05) is 24.7 Å². The maximum Gasteiger partial charge on any atom is 0.449 e. The number of halogens is 4. The molecule has 0 radical (unpaired) electrons. The van der Waals surface area contributed by atoms with E-state index in [1.807, 2.05) is 0 Å². The molecule has 128 valence electrons. The highest BCUT2D eigenvalue weighted by atomic mass is 19.4. The van der Waals surface area contributed by atoms with Gasteiger partial charge < -0.3 is 4.57 Å². The second-order valence-electron chi connectivity index (χ2n) is 5.73. The van der Waals surface area contributed by atoms with Crippen molar-refractivity contribution in [2.24, 2.45) is 0 Å². The maximum atomic E-state index is 12.9. The molecule has 2 heterocycles. The van der Waals surface area contributed by atoms with Crippen molar-refractivity contribution >= 4 is 5.78 Å². The molecule has 2 aromatic rings.